The van der Waals surface area contributed by atoms with Gasteiger partial charge in [-0.2, -0.15) is 0 Å². The lowest BCUT2D eigenvalue weighted by molar-refractivity contribution is 0.231. The third-order valence-electron chi connectivity index (χ3n) is 3.79. The number of hydrogen-bond acceptors (Lipinski definition) is 4. The zero-order valence-electron chi connectivity index (χ0n) is 10.4. The van der Waals surface area contributed by atoms with E-state index in [0.717, 1.165) is 36.9 Å². The Kier molecular flexibility index (Phi) is 2.63. The van der Waals surface area contributed by atoms with E-state index in [4.69, 9.17) is 5.73 Å². The molecule has 0 aromatic carbocycles. The Labute approximate surface area is 107 Å². The van der Waals surface area contributed by atoms with Crippen LogP contribution in [0.2, 0.25) is 0 Å². The molecule has 0 amide bonds. The summed E-state index contributed by atoms with van der Waals surface area (Å²) >= 11 is 0. The quantitative estimate of drug-likeness (QED) is 0.652. The van der Waals surface area contributed by atoms with Crippen LogP contribution in [0.5, 0.6) is 0 Å². The van der Waals surface area contributed by atoms with Gasteiger partial charge in [0.1, 0.15) is 11.7 Å². The molecular weight excluding hydrogens is 226 g/mol. The lowest BCUT2D eigenvalue weighted by Gasteiger charge is -2.36. The van der Waals surface area contributed by atoms with Gasteiger partial charge in [0, 0.05) is 37.6 Å². The Bertz CT molecular complexity index is 456. The second-order valence-electron chi connectivity index (χ2n) is 5.07. The van der Waals surface area contributed by atoms with Crippen molar-refractivity contribution >= 4 is 5.84 Å². The van der Waals surface area contributed by atoms with Crippen LogP contribution in [0.4, 0.5) is 0 Å². The summed E-state index contributed by atoms with van der Waals surface area (Å²) in [7, 11) is 0. The predicted octanol–water partition coefficient (Wildman–Crippen LogP) is 0.253. The van der Waals surface area contributed by atoms with Gasteiger partial charge in [-0.3, -0.25) is 0 Å². The maximum atomic E-state index is 6.29. The zero-order chi connectivity index (χ0) is 12.6. The van der Waals surface area contributed by atoms with Crippen LogP contribution in [-0.4, -0.2) is 35.9 Å². The van der Waals surface area contributed by atoms with Gasteiger partial charge in [-0.05, 0) is 18.9 Å². The SMILES string of the molecule is C=C/N=C1/NC=C/C1=C(/N)N1CCNC2(CC2)C1. The van der Waals surface area contributed by atoms with Crippen LogP contribution >= 0.6 is 0 Å². The predicted molar refractivity (Wildman–Crippen MR) is 72.7 cm³/mol. The average Bonchev–Trinajstić information content (AvgIpc) is 2.95. The Morgan fingerprint density at radius 1 is 1.56 bits per heavy atom. The molecule has 1 saturated heterocycles. The molecule has 0 aromatic rings. The average molecular weight is 245 g/mol. The van der Waals surface area contributed by atoms with E-state index in [9.17, 15) is 0 Å². The molecule has 0 radical (unpaired) electrons. The smallest absolute Gasteiger partial charge is 0.140 e. The second-order valence-corrected chi connectivity index (χ2v) is 5.07. The van der Waals surface area contributed by atoms with Crippen LogP contribution in [0.1, 0.15) is 12.8 Å². The molecule has 2 aliphatic heterocycles. The van der Waals surface area contributed by atoms with Gasteiger partial charge in [0.15, 0.2) is 0 Å². The van der Waals surface area contributed by atoms with Crippen LogP contribution < -0.4 is 16.4 Å². The lowest BCUT2D eigenvalue weighted by Crippen LogP contribution is -2.53. The van der Waals surface area contributed by atoms with E-state index >= 15 is 0 Å². The fourth-order valence-corrected chi connectivity index (χ4v) is 2.58. The molecule has 3 aliphatic rings. The van der Waals surface area contributed by atoms with E-state index in [1.54, 1.807) is 0 Å². The minimum Gasteiger partial charge on any atom is -0.385 e. The molecule has 1 aliphatic carbocycles. The van der Waals surface area contributed by atoms with Gasteiger partial charge in [0.25, 0.3) is 0 Å². The van der Waals surface area contributed by atoms with Gasteiger partial charge in [0.2, 0.25) is 0 Å². The number of nitrogens with zero attached hydrogens (tertiary/aromatic N) is 2. The van der Waals surface area contributed by atoms with Gasteiger partial charge in [-0.15, -0.1) is 0 Å². The Morgan fingerprint density at radius 3 is 3.11 bits per heavy atom. The number of rotatable bonds is 2. The fraction of sp³-hybridized carbons (Fsp3) is 0.462. The van der Waals surface area contributed by atoms with Crippen molar-refractivity contribution in [2.24, 2.45) is 10.7 Å². The van der Waals surface area contributed by atoms with Crippen molar-refractivity contribution in [3.8, 4) is 0 Å². The summed E-state index contributed by atoms with van der Waals surface area (Å²) in [5.41, 5.74) is 7.59. The van der Waals surface area contributed by atoms with E-state index in [1.807, 2.05) is 12.3 Å². The van der Waals surface area contributed by atoms with Crippen molar-refractivity contribution in [3.63, 3.8) is 0 Å². The third-order valence-corrected chi connectivity index (χ3v) is 3.79. The van der Waals surface area contributed by atoms with Crippen LogP contribution in [0.3, 0.4) is 0 Å². The molecule has 2 fully saturated rings. The molecular formula is C13H19N5. The number of hydrogen-bond donors (Lipinski definition) is 3. The summed E-state index contributed by atoms with van der Waals surface area (Å²) in [5, 5.41) is 6.66. The van der Waals surface area contributed by atoms with Crippen LogP contribution in [-0.2, 0) is 0 Å². The minimum atomic E-state index is 0.328. The van der Waals surface area contributed by atoms with Crippen molar-refractivity contribution in [1.29, 1.82) is 0 Å². The topological polar surface area (TPSA) is 65.7 Å². The molecule has 96 valence electrons. The molecule has 0 bridgehead atoms. The van der Waals surface area contributed by atoms with E-state index in [2.05, 4.69) is 27.1 Å². The number of aliphatic imine (C=N–C) groups is 1. The molecule has 5 nitrogen and oxygen atoms in total. The summed E-state index contributed by atoms with van der Waals surface area (Å²) in [4.78, 5) is 6.46. The van der Waals surface area contributed by atoms with Gasteiger partial charge in [-0.1, -0.05) is 6.58 Å². The van der Waals surface area contributed by atoms with Crippen molar-refractivity contribution in [1.82, 2.24) is 15.5 Å². The van der Waals surface area contributed by atoms with Crippen molar-refractivity contribution in [2.45, 2.75) is 18.4 Å². The van der Waals surface area contributed by atoms with Gasteiger partial charge >= 0.3 is 0 Å². The molecule has 1 spiro atoms. The first-order valence-electron chi connectivity index (χ1n) is 6.36. The molecule has 5 heteroatoms. The number of amidine groups is 1. The summed E-state index contributed by atoms with van der Waals surface area (Å²) in [6.07, 6.45) is 7.88. The van der Waals surface area contributed by atoms with Crippen molar-refractivity contribution in [3.05, 3.63) is 36.4 Å². The Balaban J connectivity index is 1.84. The molecule has 2 heterocycles. The Morgan fingerprint density at radius 2 is 2.39 bits per heavy atom. The molecule has 0 unspecified atom stereocenters. The van der Waals surface area contributed by atoms with Crippen LogP contribution in [0.15, 0.2) is 41.4 Å². The first kappa shape index (κ1) is 11.3. The zero-order valence-corrected chi connectivity index (χ0v) is 10.4. The highest BCUT2D eigenvalue weighted by Crippen LogP contribution is 2.38. The highest BCUT2D eigenvalue weighted by Gasteiger charge is 2.45. The number of nitrogens with two attached hydrogens (primary N) is 1. The van der Waals surface area contributed by atoms with Crippen LogP contribution in [0, 0.1) is 0 Å². The van der Waals surface area contributed by atoms with E-state index < -0.39 is 0 Å². The number of nitrogens with one attached hydrogen (secondary N) is 2. The van der Waals surface area contributed by atoms with Gasteiger partial charge < -0.3 is 21.3 Å². The maximum Gasteiger partial charge on any atom is 0.140 e. The van der Waals surface area contributed by atoms with E-state index in [-0.39, 0.29) is 0 Å². The highest BCUT2D eigenvalue weighted by atomic mass is 15.3. The first-order valence-corrected chi connectivity index (χ1v) is 6.36. The fourth-order valence-electron chi connectivity index (χ4n) is 2.58. The monoisotopic (exact) mass is 245 g/mol. The maximum absolute atomic E-state index is 6.29. The summed E-state index contributed by atoms with van der Waals surface area (Å²) < 4.78 is 0. The molecule has 3 rings (SSSR count). The molecule has 0 atom stereocenters. The van der Waals surface area contributed by atoms with Gasteiger partial charge in [0.05, 0.1) is 5.57 Å². The standard InChI is InChI=1S/C13H19N5/c1-2-15-12-10(3-6-16-12)11(14)18-8-7-17-13(9-18)4-5-13/h2-3,6,17H,1,4-5,7-9,14H2,(H,15,16)/b11-10+. The largest absolute Gasteiger partial charge is 0.385 e. The summed E-state index contributed by atoms with van der Waals surface area (Å²) in [6, 6.07) is 0. The first-order chi connectivity index (χ1) is 8.74. The molecule has 18 heavy (non-hydrogen) atoms. The van der Waals surface area contributed by atoms with Crippen LogP contribution in [0.25, 0.3) is 0 Å². The van der Waals surface area contributed by atoms with Crippen molar-refractivity contribution < 1.29 is 0 Å². The van der Waals surface area contributed by atoms with E-state index in [0.29, 0.717) is 5.54 Å². The van der Waals surface area contributed by atoms with Crippen molar-refractivity contribution in [2.75, 3.05) is 19.6 Å². The molecule has 4 N–H and O–H groups in total. The minimum absolute atomic E-state index is 0.328. The molecule has 0 aromatic heterocycles. The molecule has 1 saturated carbocycles. The third kappa shape index (κ3) is 1.90. The second kappa shape index (κ2) is 4.17. The lowest BCUT2D eigenvalue weighted by atomic mass is 10.1. The van der Waals surface area contributed by atoms with Gasteiger partial charge in [-0.25, -0.2) is 4.99 Å². The Hall–Kier alpha value is -1.75. The van der Waals surface area contributed by atoms with E-state index in [1.165, 1.54) is 19.0 Å². The summed E-state index contributed by atoms with van der Waals surface area (Å²) in [5.74, 6) is 1.59. The normalized spacial score (nSPS) is 29.6. The number of piperazine rings is 1. The summed E-state index contributed by atoms with van der Waals surface area (Å²) in [6.45, 7) is 6.57. The highest BCUT2D eigenvalue weighted by molar-refractivity contribution is 6.04.